The molecule has 0 radical (unpaired) electrons. The van der Waals surface area contributed by atoms with Crippen LogP contribution in [-0.4, -0.2) is 78.0 Å². The molecule has 3 N–H and O–H groups in total. The van der Waals surface area contributed by atoms with E-state index >= 15 is 0 Å². The first-order valence-electron chi connectivity index (χ1n) is 13.9. The molecule has 2 aliphatic heterocycles. The predicted octanol–water partition coefficient (Wildman–Crippen LogP) is 3.38. The Balaban J connectivity index is 0.00000242. The number of nitrogens with one attached hydrogen (secondary N) is 1. The van der Waals surface area contributed by atoms with Crippen molar-refractivity contribution in [2.75, 3.05) is 55.6 Å². The highest BCUT2D eigenvalue weighted by atomic mass is 35.5. The predicted molar refractivity (Wildman–Crippen MR) is 171 cm³/mol. The van der Waals surface area contributed by atoms with Gasteiger partial charge in [0.2, 0.25) is 20.0 Å². The molecule has 10 nitrogen and oxygen atoms in total. The number of sulfonamides is 2. The largest absolute Gasteiger partial charge is 0.330 e. The fourth-order valence-corrected chi connectivity index (χ4v) is 7.73. The van der Waals surface area contributed by atoms with Crippen LogP contribution in [0.5, 0.6) is 0 Å². The van der Waals surface area contributed by atoms with Crippen LogP contribution < -0.4 is 15.4 Å². The molecule has 0 atom stereocenters. The lowest BCUT2D eigenvalue weighted by molar-refractivity contribution is 0.0976. The molecular formula is C28H41Cl2N5O5S2. The molecule has 234 valence electrons. The van der Waals surface area contributed by atoms with Crippen molar-refractivity contribution in [2.24, 2.45) is 23.5 Å². The minimum absolute atomic E-state index is 0. The summed E-state index contributed by atoms with van der Waals surface area (Å²) >= 11 is 0. The van der Waals surface area contributed by atoms with Gasteiger partial charge in [0.05, 0.1) is 22.4 Å². The minimum atomic E-state index is -3.61. The van der Waals surface area contributed by atoms with Gasteiger partial charge in [0.15, 0.2) is 0 Å². The highest BCUT2D eigenvalue weighted by Gasteiger charge is 2.36. The third-order valence-electron chi connectivity index (χ3n) is 8.45. The Kier molecular flexibility index (Phi) is 11.4. The molecule has 1 amide bonds. The average molecular weight is 663 g/mol. The molecule has 14 heteroatoms. The van der Waals surface area contributed by atoms with Crippen LogP contribution in [-0.2, 0) is 26.6 Å². The lowest BCUT2D eigenvalue weighted by Gasteiger charge is -2.38. The van der Waals surface area contributed by atoms with Gasteiger partial charge in [-0.25, -0.2) is 16.8 Å². The lowest BCUT2D eigenvalue weighted by atomic mass is 9.93. The number of halogens is 2. The molecule has 0 aromatic heterocycles. The zero-order valence-corrected chi connectivity index (χ0v) is 27.2. The standard InChI is InChI=1S/C28H39N5O5S2.2ClH/c1-31(39(2,35)36)27-10-3-20(17-32-18-21(16-29)19-32)15-26(27)28(34)30-24-6-8-25(9-7-24)40(37,38)33-13-11-23(12-14-33)22-4-5-22;;/h3,6-10,15,21-23H,4-5,11-14,16-19,29H2,1-2H3,(H,30,34);2*1H. The second-order valence-corrected chi connectivity index (χ2v) is 15.4. The van der Waals surface area contributed by atoms with E-state index in [9.17, 15) is 21.6 Å². The summed E-state index contributed by atoms with van der Waals surface area (Å²) in [6, 6.07) is 11.3. The topological polar surface area (TPSA) is 133 Å². The number of carbonyl (C=O) groups is 1. The molecule has 0 bridgehead atoms. The van der Waals surface area contributed by atoms with Gasteiger partial charge >= 0.3 is 0 Å². The van der Waals surface area contributed by atoms with E-state index in [0.717, 1.165) is 48.0 Å². The van der Waals surface area contributed by atoms with Crippen molar-refractivity contribution in [3.8, 4) is 0 Å². The second-order valence-electron chi connectivity index (χ2n) is 11.4. The van der Waals surface area contributed by atoms with Crippen LogP contribution in [0.4, 0.5) is 11.4 Å². The van der Waals surface area contributed by atoms with Crippen LogP contribution in [0.15, 0.2) is 47.4 Å². The Bertz CT molecular complexity index is 1460. The molecule has 0 spiro atoms. The van der Waals surface area contributed by atoms with Crippen LogP contribution in [0.3, 0.4) is 0 Å². The van der Waals surface area contributed by atoms with E-state index in [1.165, 1.54) is 32.0 Å². The van der Waals surface area contributed by atoms with Crippen LogP contribution in [0.25, 0.3) is 0 Å². The normalized spacial score (nSPS) is 18.8. The molecule has 5 rings (SSSR count). The van der Waals surface area contributed by atoms with Gasteiger partial charge in [-0.1, -0.05) is 6.07 Å². The van der Waals surface area contributed by atoms with Gasteiger partial charge in [-0.2, -0.15) is 4.31 Å². The first-order valence-corrected chi connectivity index (χ1v) is 17.2. The van der Waals surface area contributed by atoms with Gasteiger partial charge in [-0.15, -0.1) is 24.8 Å². The number of nitrogens with two attached hydrogens (primary N) is 1. The van der Waals surface area contributed by atoms with Gasteiger partial charge in [0, 0.05) is 45.5 Å². The molecule has 42 heavy (non-hydrogen) atoms. The maximum absolute atomic E-state index is 13.4. The van der Waals surface area contributed by atoms with E-state index < -0.39 is 26.0 Å². The van der Waals surface area contributed by atoms with Gasteiger partial charge < -0.3 is 11.1 Å². The molecule has 2 aromatic rings. The summed E-state index contributed by atoms with van der Waals surface area (Å²) in [5, 5.41) is 2.81. The van der Waals surface area contributed by atoms with Crippen molar-refractivity contribution in [1.82, 2.24) is 9.21 Å². The summed E-state index contributed by atoms with van der Waals surface area (Å²) in [6.45, 7) is 4.12. The van der Waals surface area contributed by atoms with Gasteiger partial charge in [0.1, 0.15) is 0 Å². The van der Waals surface area contributed by atoms with E-state index in [2.05, 4.69) is 10.2 Å². The Hall–Kier alpha value is -1.93. The molecule has 3 fully saturated rings. The van der Waals surface area contributed by atoms with Crippen molar-refractivity contribution >= 4 is 62.1 Å². The smallest absolute Gasteiger partial charge is 0.257 e. The third-order valence-corrected chi connectivity index (χ3v) is 11.6. The summed E-state index contributed by atoms with van der Waals surface area (Å²) in [6.07, 6.45) is 5.45. The highest BCUT2D eigenvalue weighted by Crippen LogP contribution is 2.42. The van der Waals surface area contributed by atoms with Gasteiger partial charge in [0.25, 0.3) is 5.91 Å². The average Bonchev–Trinajstić information content (AvgIpc) is 3.75. The van der Waals surface area contributed by atoms with Crippen LogP contribution in [0.1, 0.15) is 41.6 Å². The van der Waals surface area contributed by atoms with Crippen molar-refractivity contribution in [2.45, 2.75) is 37.1 Å². The maximum Gasteiger partial charge on any atom is 0.257 e. The molecule has 2 aromatic carbocycles. The number of nitrogens with zero attached hydrogens (tertiary/aromatic N) is 3. The number of hydrogen-bond acceptors (Lipinski definition) is 7. The summed E-state index contributed by atoms with van der Waals surface area (Å²) in [5.41, 5.74) is 7.52. The number of rotatable bonds is 10. The van der Waals surface area contributed by atoms with Crippen molar-refractivity contribution in [3.63, 3.8) is 0 Å². The van der Waals surface area contributed by atoms with Crippen molar-refractivity contribution in [3.05, 3.63) is 53.6 Å². The summed E-state index contributed by atoms with van der Waals surface area (Å²) in [5.74, 6) is 1.42. The Morgan fingerprint density at radius 1 is 0.952 bits per heavy atom. The minimum Gasteiger partial charge on any atom is -0.330 e. The summed E-state index contributed by atoms with van der Waals surface area (Å²) in [7, 11) is -5.80. The van der Waals surface area contributed by atoms with E-state index in [4.69, 9.17) is 5.73 Å². The van der Waals surface area contributed by atoms with Gasteiger partial charge in [-0.3, -0.25) is 14.0 Å². The monoisotopic (exact) mass is 661 g/mol. The Morgan fingerprint density at radius 3 is 2.10 bits per heavy atom. The van der Waals surface area contributed by atoms with E-state index in [1.807, 2.05) is 6.07 Å². The number of anilines is 2. The molecule has 1 saturated carbocycles. The van der Waals surface area contributed by atoms with Crippen molar-refractivity contribution in [1.29, 1.82) is 0 Å². The molecular weight excluding hydrogens is 621 g/mol. The zero-order valence-electron chi connectivity index (χ0n) is 23.9. The van der Waals surface area contributed by atoms with E-state index in [0.29, 0.717) is 43.7 Å². The molecule has 0 unspecified atom stereocenters. The fourth-order valence-electron chi connectivity index (χ4n) is 5.74. The Labute approximate surface area is 261 Å². The number of piperidine rings is 1. The quantitative estimate of drug-likeness (QED) is 0.399. The van der Waals surface area contributed by atoms with E-state index in [-0.39, 0.29) is 41.0 Å². The second kappa shape index (κ2) is 13.8. The lowest BCUT2D eigenvalue weighted by Crippen LogP contribution is -2.49. The number of hydrogen-bond donors (Lipinski definition) is 2. The Morgan fingerprint density at radius 2 is 1.55 bits per heavy atom. The molecule has 2 heterocycles. The fraction of sp³-hybridized carbons (Fsp3) is 0.536. The third kappa shape index (κ3) is 7.77. The zero-order chi connectivity index (χ0) is 28.7. The number of amides is 1. The number of benzene rings is 2. The maximum atomic E-state index is 13.4. The first-order chi connectivity index (χ1) is 19.0. The molecule has 3 aliphatic rings. The van der Waals surface area contributed by atoms with Crippen molar-refractivity contribution < 1.29 is 21.6 Å². The van der Waals surface area contributed by atoms with Crippen LogP contribution in [0, 0.1) is 17.8 Å². The van der Waals surface area contributed by atoms with Crippen LogP contribution >= 0.6 is 24.8 Å². The highest BCUT2D eigenvalue weighted by molar-refractivity contribution is 7.92. The molecule has 2 saturated heterocycles. The number of likely N-dealkylation sites (tertiary alicyclic amines) is 1. The SMILES string of the molecule is CN(c1ccc(CN2CC(CN)C2)cc1C(=O)Nc1ccc(S(=O)(=O)N2CCC(C3CC3)CC2)cc1)S(C)(=O)=O.Cl.Cl. The van der Waals surface area contributed by atoms with Crippen LogP contribution in [0.2, 0.25) is 0 Å². The molecule has 1 aliphatic carbocycles. The summed E-state index contributed by atoms with van der Waals surface area (Å²) in [4.78, 5) is 15.8. The first kappa shape index (κ1) is 34.6. The van der Waals surface area contributed by atoms with Gasteiger partial charge in [-0.05, 0) is 91.9 Å². The number of carbonyl (C=O) groups excluding carboxylic acids is 1. The van der Waals surface area contributed by atoms with E-state index in [1.54, 1.807) is 28.6 Å². The summed E-state index contributed by atoms with van der Waals surface area (Å²) < 4.78 is 53.6.